The first-order valence-corrected chi connectivity index (χ1v) is 9.60. The van der Waals surface area contributed by atoms with Crippen molar-refractivity contribution < 1.29 is 13.9 Å². The minimum absolute atomic E-state index is 0.0881. The normalized spacial score (nSPS) is 15.5. The van der Waals surface area contributed by atoms with Crippen molar-refractivity contribution in [1.29, 1.82) is 0 Å². The van der Waals surface area contributed by atoms with E-state index in [0.29, 0.717) is 13.1 Å². The lowest BCUT2D eigenvalue weighted by Gasteiger charge is -2.26. The molecule has 3 rings (SSSR count). The lowest BCUT2D eigenvalue weighted by molar-refractivity contribution is 0.203. The van der Waals surface area contributed by atoms with E-state index in [0.717, 1.165) is 36.6 Å². The van der Waals surface area contributed by atoms with E-state index in [1.54, 1.807) is 13.4 Å². The molecule has 1 saturated heterocycles. The monoisotopic (exact) mass is 371 g/mol. The summed E-state index contributed by atoms with van der Waals surface area (Å²) in [6, 6.07) is 9.89. The number of nitrogens with one attached hydrogen (secondary N) is 2. The summed E-state index contributed by atoms with van der Waals surface area (Å²) in [6.45, 7) is 5.23. The zero-order chi connectivity index (χ0) is 19.1. The minimum Gasteiger partial charge on any atom is -0.496 e. The highest BCUT2D eigenvalue weighted by Gasteiger charge is 2.25. The fraction of sp³-hybridized carbons (Fsp3) is 0.476. The second kappa shape index (κ2) is 9.46. The highest BCUT2D eigenvalue weighted by Crippen LogP contribution is 2.25. The molecule has 1 fully saturated rings. The van der Waals surface area contributed by atoms with Crippen LogP contribution in [0.5, 0.6) is 5.75 Å². The predicted molar refractivity (Wildman–Crippen MR) is 105 cm³/mol. The van der Waals surface area contributed by atoms with Gasteiger partial charge in [-0.05, 0) is 63.0 Å². The molecule has 2 aromatic rings. The fourth-order valence-electron chi connectivity index (χ4n) is 3.61. The lowest BCUT2D eigenvalue weighted by Crippen LogP contribution is -2.42. The van der Waals surface area contributed by atoms with Crippen molar-refractivity contribution in [3.8, 4) is 5.75 Å². The van der Waals surface area contributed by atoms with Gasteiger partial charge in [0.1, 0.15) is 11.5 Å². The Labute approximate surface area is 160 Å². The number of rotatable bonds is 8. The minimum atomic E-state index is -0.155. The van der Waals surface area contributed by atoms with Gasteiger partial charge in [0.15, 0.2) is 0 Å². The maximum Gasteiger partial charge on any atom is 0.314 e. The maximum absolute atomic E-state index is 12.2. The number of amides is 2. The first-order valence-electron chi connectivity index (χ1n) is 9.60. The molecule has 146 valence electrons. The Bertz CT molecular complexity index is 724. The van der Waals surface area contributed by atoms with Gasteiger partial charge in [0.25, 0.3) is 0 Å². The molecule has 1 aliphatic rings. The van der Waals surface area contributed by atoms with Crippen LogP contribution in [0.1, 0.15) is 35.8 Å². The van der Waals surface area contributed by atoms with E-state index in [9.17, 15) is 4.79 Å². The second-order valence-electron chi connectivity index (χ2n) is 6.98. The van der Waals surface area contributed by atoms with Crippen molar-refractivity contribution in [3.05, 3.63) is 53.5 Å². The Balaban J connectivity index is 1.48. The molecule has 0 spiro atoms. The number of benzene rings is 1. The predicted octanol–water partition coefficient (Wildman–Crippen LogP) is 3.28. The summed E-state index contributed by atoms with van der Waals surface area (Å²) in [5.74, 6) is 1.76. The number of aryl methyl sites for hydroxylation is 1. The van der Waals surface area contributed by atoms with Crippen molar-refractivity contribution in [1.82, 2.24) is 15.5 Å². The fourth-order valence-corrected chi connectivity index (χ4v) is 3.61. The van der Waals surface area contributed by atoms with Gasteiger partial charge in [-0.15, -0.1) is 0 Å². The molecule has 0 radical (unpaired) electrons. The van der Waals surface area contributed by atoms with Crippen LogP contribution in [-0.4, -0.2) is 44.2 Å². The summed E-state index contributed by atoms with van der Waals surface area (Å²) in [6.07, 6.45) is 4.81. The van der Waals surface area contributed by atoms with Crippen LogP contribution >= 0.6 is 0 Å². The summed E-state index contributed by atoms with van der Waals surface area (Å²) in [4.78, 5) is 14.6. The molecule has 1 aromatic carbocycles. The molecule has 1 atom stereocenters. The summed E-state index contributed by atoms with van der Waals surface area (Å²) >= 11 is 0. The number of hydrogen-bond acceptors (Lipinski definition) is 4. The summed E-state index contributed by atoms with van der Waals surface area (Å²) in [5, 5.41) is 5.93. The molecule has 1 aromatic heterocycles. The number of hydrogen-bond donors (Lipinski definition) is 2. The molecule has 1 aliphatic heterocycles. The molecule has 0 saturated carbocycles. The molecule has 6 heteroatoms. The number of urea groups is 1. The topological polar surface area (TPSA) is 66.7 Å². The highest BCUT2D eigenvalue weighted by atomic mass is 16.5. The smallest absolute Gasteiger partial charge is 0.314 e. The first-order chi connectivity index (χ1) is 13.2. The summed E-state index contributed by atoms with van der Waals surface area (Å²) < 4.78 is 11.0. The number of methoxy groups -OCH3 is 1. The van der Waals surface area contributed by atoms with E-state index < -0.39 is 0 Å². The van der Waals surface area contributed by atoms with Crippen molar-refractivity contribution >= 4 is 6.03 Å². The van der Waals surface area contributed by atoms with Gasteiger partial charge in [0.05, 0.1) is 19.4 Å². The van der Waals surface area contributed by atoms with Gasteiger partial charge >= 0.3 is 6.03 Å². The molecule has 2 amide bonds. The van der Waals surface area contributed by atoms with Gasteiger partial charge in [-0.3, -0.25) is 4.90 Å². The third-order valence-corrected chi connectivity index (χ3v) is 5.02. The molecular formula is C21H29N3O3. The Kier molecular flexibility index (Phi) is 6.76. The van der Waals surface area contributed by atoms with Crippen LogP contribution in [0.15, 0.2) is 41.0 Å². The lowest BCUT2D eigenvalue weighted by atomic mass is 10.1. The number of ether oxygens (including phenoxy) is 1. The largest absolute Gasteiger partial charge is 0.496 e. The third-order valence-electron chi connectivity index (χ3n) is 5.02. The average Bonchev–Trinajstić information content (AvgIpc) is 3.37. The number of likely N-dealkylation sites (tertiary alicyclic amines) is 1. The Hall–Kier alpha value is -2.47. The zero-order valence-corrected chi connectivity index (χ0v) is 16.2. The van der Waals surface area contributed by atoms with Crippen LogP contribution in [0.3, 0.4) is 0 Å². The average molecular weight is 371 g/mol. The molecule has 27 heavy (non-hydrogen) atoms. The van der Waals surface area contributed by atoms with Gasteiger partial charge in [-0.25, -0.2) is 4.79 Å². The van der Waals surface area contributed by atoms with Gasteiger partial charge in [0.2, 0.25) is 0 Å². The van der Waals surface area contributed by atoms with Gasteiger partial charge in [-0.2, -0.15) is 0 Å². The van der Waals surface area contributed by atoms with Crippen molar-refractivity contribution in [2.75, 3.05) is 33.3 Å². The Morgan fingerprint density at radius 3 is 2.78 bits per heavy atom. The molecule has 2 heterocycles. The molecule has 1 unspecified atom stereocenters. The number of carbonyl (C=O) groups is 1. The quantitative estimate of drug-likeness (QED) is 0.747. The molecule has 0 aliphatic carbocycles. The summed E-state index contributed by atoms with van der Waals surface area (Å²) in [5.41, 5.74) is 2.28. The Morgan fingerprint density at radius 2 is 2.07 bits per heavy atom. The standard InChI is InChI=1S/C21H29N3O3/c1-16-7-8-19(26-2)17(14-16)9-10-22-21(25)23-15-18(20-6-5-13-27-20)24-11-3-4-12-24/h5-8,13-14,18H,3-4,9-12,15H2,1-2H3,(H2,22,23,25). The van der Waals surface area contributed by atoms with E-state index >= 15 is 0 Å². The van der Waals surface area contributed by atoms with E-state index in [4.69, 9.17) is 9.15 Å². The van der Waals surface area contributed by atoms with Crippen LogP contribution in [0.4, 0.5) is 4.79 Å². The van der Waals surface area contributed by atoms with Crippen molar-refractivity contribution in [2.45, 2.75) is 32.2 Å². The van der Waals surface area contributed by atoms with E-state index in [1.165, 1.54) is 18.4 Å². The SMILES string of the molecule is COc1ccc(C)cc1CCNC(=O)NCC(c1ccco1)N1CCCC1. The molecular weight excluding hydrogens is 342 g/mol. The molecule has 6 nitrogen and oxygen atoms in total. The number of carbonyl (C=O) groups excluding carboxylic acids is 1. The highest BCUT2D eigenvalue weighted by molar-refractivity contribution is 5.73. The third kappa shape index (κ3) is 5.26. The summed E-state index contributed by atoms with van der Waals surface area (Å²) in [7, 11) is 1.67. The first kappa shape index (κ1) is 19.3. The van der Waals surface area contributed by atoms with Crippen LogP contribution in [0, 0.1) is 6.92 Å². The Morgan fingerprint density at radius 1 is 1.26 bits per heavy atom. The van der Waals surface area contributed by atoms with E-state index in [1.807, 2.05) is 24.3 Å². The van der Waals surface area contributed by atoms with Crippen LogP contribution in [-0.2, 0) is 6.42 Å². The van der Waals surface area contributed by atoms with Crippen molar-refractivity contribution in [3.63, 3.8) is 0 Å². The van der Waals surface area contributed by atoms with Gasteiger partial charge in [0, 0.05) is 13.1 Å². The maximum atomic E-state index is 12.2. The van der Waals surface area contributed by atoms with Crippen LogP contribution in [0.25, 0.3) is 0 Å². The van der Waals surface area contributed by atoms with E-state index in [2.05, 4.69) is 28.5 Å². The van der Waals surface area contributed by atoms with Crippen LogP contribution < -0.4 is 15.4 Å². The number of furan rings is 1. The second-order valence-corrected chi connectivity index (χ2v) is 6.98. The van der Waals surface area contributed by atoms with Crippen molar-refractivity contribution in [2.24, 2.45) is 0 Å². The number of nitrogens with zero attached hydrogens (tertiary/aromatic N) is 1. The van der Waals surface area contributed by atoms with Gasteiger partial charge < -0.3 is 19.8 Å². The van der Waals surface area contributed by atoms with E-state index in [-0.39, 0.29) is 12.1 Å². The molecule has 2 N–H and O–H groups in total. The molecule has 0 bridgehead atoms. The van der Waals surface area contributed by atoms with Gasteiger partial charge in [-0.1, -0.05) is 17.7 Å². The zero-order valence-electron chi connectivity index (χ0n) is 16.2. The van der Waals surface area contributed by atoms with Crippen LogP contribution in [0.2, 0.25) is 0 Å².